The predicted molar refractivity (Wildman–Crippen MR) is 74.6 cm³/mol. The molecule has 0 unspecified atom stereocenters. The van der Waals surface area contributed by atoms with Gasteiger partial charge in [0.2, 0.25) is 0 Å². The number of hydrogen-bond donors (Lipinski definition) is 1. The summed E-state index contributed by atoms with van der Waals surface area (Å²) >= 11 is 0. The number of carbonyl (C=O) groups excluding carboxylic acids is 1. The van der Waals surface area contributed by atoms with Crippen molar-refractivity contribution >= 4 is 22.8 Å². The van der Waals surface area contributed by atoms with E-state index in [1.54, 1.807) is 9.80 Å². The number of para-hydroxylation sites is 1. The van der Waals surface area contributed by atoms with Crippen molar-refractivity contribution in [3.63, 3.8) is 0 Å². The molecule has 5 heteroatoms. The third-order valence-electron chi connectivity index (χ3n) is 3.50. The minimum Gasteiger partial charge on any atom is -0.383 e. The fourth-order valence-electron chi connectivity index (χ4n) is 2.36. The molecule has 2 amide bonds. The molecular formula is C14H16N4O. The number of nitrogens with two attached hydrogens (primary N) is 1. The Bertz CT molecular complexity index is 640. The standard InChI is InChI=1S/C14H16N4O/c1-17-6-7-18(14(17)19)9-11-8-10-4-2-3-5-12(10)16-13(11)15/h2-5,8H,6-7,9H2,1H3,(H2,15,16). The van der Waals surface area contributed by atoms with Gasteiger partial charge >= 0.3 is 6.03 Å². The molecule has 1 fully saturated rings. The van der Waals surface area contributed by atoms with E-state index in [4.69, 9.17) is 5.73 Å². The van der Waals surface area contributed by atoms with Gasteiger partial charge in [0.15, 0.2) is 0 Å². The summed E-state index contributed by atoms with van der Waals surface area (Å²) in [6, 6.07) is 9.91. The summed E-state index contributed by atoms with van der Waals surface area (Å²) in [5.41, 5.74) is 7.77. The summed E-state index contributed by atoms with van der Waals surface area (Å²) in [5, 5.41) is 1.05. The minimum absolute atomic E-state index is 0.0487. The summed E-state index contributed by atoms with van der Waals surface area (Å²) < 4.78 is 0. The lowest BCUT2D eigenvalue weighted by Crippen LogP contribution is -2.29. The molecular weight excluding hydrogens is 240 g/mol. The molecule has 0 aliphatic carbocycles. The largest absolute Gasteiger partial charge is 0.383 e. The number of amides is 2. The van der Waals surface area contributed by atoms with Crippen molar-refractivity contribution in [1.82, 2.24) is 14.8 Å². The van der Waals surface area contributed by atoms with Crippen molar-refractivity contribution < 1.29 is 4.79 Å². The quantitative estimate of drug-likeness (QED) is 0.889. The highest BCUT2D eigenvalue weighted by atomic mass is 16.2. The fraction of sp³-hybridized carbons (Fsp3) is 0.286. The summed E-state index contributed by atoms with van der Waals surface area (Å²) in [7, 11) is 1.81. The highest BCUT2D eigenvalue weighted by Gasteiger charge is 2.25. The van der Waals surface area contributed by atoms with Crippen LogP contribution in [0.2, 0.25) is 0 Å². The average molecular weight is 256 g/mol. The zero-order chi connectivity index (χ0) is 13.4. The minimum atomic E-state index is 0.0487. The molecule has 0 bridgehead atoms. The van der Waals surface area contributed by atoms with Gasteiger partial charge in [0.05, 0.1) is 12.1 Å². The van der Waals surface area contributed by atoms with Crippen LogP contribution in [0.25, 0.3) is 10.9 Å². The molecule has 2 N–H and O–H groups in total. The smallest absolute Gasteiger partial charge is 0.320 e. The SMILES string of the molecule is CN1CCN(Cc2cc3ccccc3nc2N)C1=O. The zero-order valence-electron chi connectivity index (χ0n) is 10.8. The van der Waals surface area contributed by atoms with Crippen molar-refractivity contribution in [1.29, 1.82) is 0 Å². The highest BCUT2D eigenvalue weighted by molar-refractivity contribution is 5.82. The molecule has 1 aromatic carbocycles. The van der Waals surface area contributed by atoms with Gasteiger partial charge in [0.1, 0.15) is 5.82 Å². The summed E-state index contributed by atoms with van der Waals surface area (Å²) in [4.78, 5) is 19.8. The van der Waals surface area contributed by atoms with Crippen LogP contribution in [-0.2, 0) is 6.54 Å². The molecule has 0 saturated carbocycles. The number of carbonyl (C=O) groups is 1. The second-order valence-corrected chi connectivity index (χ2v) is 4.85. The number of anilines is 1. The Hall–Kier alpha value is -2.30. The topological polar surface area (TPSA) is 62.5 Å². The van der Waals surface area contributed by atoms with Gasteiger partial charge in [-0.25, -0.2) is 9.78 Å². The lowest BCUT2D eigenvalue weighted by atomic mass is 10.1. The van der Waals surface area contributed by atoms with E-state index in [9.17, 15) is 4.79 Å². The number of nitrogens with zero attached hydrogens (tertiary/aromatic N) is 3. The molecule has 1 saturated heterocycles. The van der Waals surface area contributed by atoms with Gasteiger partial charge in [-0.3, -0.25) is 0 Å². The highest BCUT2D eigenvalue weighted by Crippen LogP contribution is 2.21. The molecule has 1 aliphatic heterocycles. The van der Waals surface area contributed by atoms with Crippen LogP contribution in [0.1, 0.15) is 5.56 Å². The van der Waals surface area contributed by atoms with Crippen LogP contribution >= 0.6 is 0 Å². The number of benzene rings is 1. The molecule has 2 heterocycles. The number of aromatic nitrogens is 1. The Morgan fingerprint density at radius 1 is 1.32 bits per heavy atom. The monoisotopic (exact) mass is 256 g/mol. The van der Waals surface area contributed by atoms with Crippen molar-refractivity contribution in [3.8, 4) is 0 Å². The molecule has 98 valence electrons. The van der Waals surface area contributed by atoms with Crippen LogP contribution in [0.5, 0.6) is 0 Å². The van der Waals surface area contributed by atoms with E-state index >= 15 is 0 Å². The molecule has 0 atom stereocenters. The molecule has 0 spiro atoms. The third kappa shape index (κ3) is 2.07. The number of hydrogen-bond acceptors (Lipinski definition) is 3. The molecule has 5 nitrogen and oxygen atoms in total. The van der Waals surface area contributed by atoms with Gasteiger partial charge in [0, 0.05) is 31.1 Å². The van der Waals surface area contributed by atoms with Gasteiger partial charge in [-0.2, -0.15) is 0 Å². The van der Waals surface area contributed by atoms with Gasteiger partial charge in [-0.1, -0.05) is 18.2 Å². The van der Waals surface area contributed by atoms with Crippen LogP contribution in [0.3, 0.4) is 0 Å². The fourth-order valence-corrected chi connectivity index (χ4v) is 2.36. The zero-order valence-corrected chi connectivity index (χ0v) is 10.8. The first kappa shape index (κ1) is 11.8. The van der Waals surface area contributed by atoms with Gasteiger partial charge < -0.3 is 15.5 Å². The van der Waals surface area contributed by atoms with Crippen LogP contribution in [-0.4, -0.2) is 41.0 Å². The number of rotatable bonds is 2. The second-order valence-electron chi connectivity index (χ2n) is 4.85. The normalized spacial score (nSPS) is 15.5. The maximum atomic E-state index is 11.9. The van der Waals surface area contributed by atoms with E-state index < -0.39 is 0 Å². The molecule has 19 heavy (non-hydrogen) atoms. The summed E-state index contributed by atoms with van der Waals surface area (Å²) in [5.74, 6) is 0.501. The Balaban J connectivity index is 1.92. The first-order chi connectivity index (χ1) is 9.15. The maximum Gasteiger partial charge on any atom is 0.320 e. The average Bonchev–Trinajstić information content (AvgIpc) is 2.71. The summed E-state index contributed by atoms with van der Waals surface area (Å²) in [6.45, 7) is 2.02. The van der Waals surface area contributed by atoms with E-state index in [1.165, 1.54) is 0 Å². The van der Waals surface area contributed by atoms with Crippen molar-refractivity contribution in [2.24, 2.45) is 0 Å². The summed E-state index contributed by atoms with van der Waals surface area (Å²) in [6.07, 6.45) is 0. The van der Waals surface area contributed by atoms with Crippen LogP contribution < -0.4 is 5.73 Å². The third-order valence-corrected chi connectivity index (χ3v) is 3.50. The van der Waals surface area contributed by atoms with E-state index in [2.05, 4.69) is 4.98 Å². The first-order valence-corrected chi connectivity index (χ1v) is 6.29. The lowest BCUT2D eigenvalue weighted by molar-refractivity contribution is 0.197. The lowest BCUT2D eigenvalue weighted by Gasteiger charge is -2.17. The van der Waals surface area contributed by atoms with Crippen molar-refractivity contribution in [3.05, 3.63) is 35.9 Å². The van der Waals surface area contributed by atoms with E-state index in [0.29, 0.717) is 12.4 Å². The predicted octanol–water partition coefficient (Wildman–Crippen LogP) is 1.68. The van der Waals surface area contributed by atoms with Crippen LogP contribution in [0.15, 0.2) is 30.3 Å². The molecule has 0 radical (unpaired) electrons. The Labute approximate surface area is 111 Å². The van der Waals surface area contributed by atoms with Crippen LogP contribution in [0.4, 0.5) is 10.6 Å². The number of urea groups is 1. The Kier molecular flexibility index (Phi) is 2.74. The Morgan fingerprint density at radius 3 is 2.84 bits per heavy atom. The van der Waals surface area contributed by atoms with Crippen LogP contribution in [0, 0.1) is 0 Å². The number of fused-ring (bicyclic) bond motifs is 1. The van der Waals surface area contributed by atoms with Crippen molar-refractivity contribution in [2.75, 3.05) is 25.9 Å². The van der Waals surface area contributed by atoms with E-state index in [0.717, 1.165) is 29.6 Å². The number of nitrogen functional groups attached to an aromatic ring is 1. The van der Waals surface area contributed by atoms with E-state index in [1.807, 2.05) is 37.4 Å². The number of pyridine rings is 1. The Morgan fingerprint density at radius 2 is 2.11 bits per heavy atom. The van der Waals surface area contributed by atoms with Crippen molar-refractivity contribution in [2.45, 2.75) is 6.54 Å². The molecule has 1 aromatic heterocycles. The van der Waals surface area contributed by atoms with Gasteiger partial charge in [0.25, 0.3) is 0 Å². The van der Waals surface area contributed by atoms with Gasteiger partial charge in [-0.15, -0.1) is 0 Å². The maximum absolute atomic E-state index is 11.9. The molecule has 2 aromatic rings. The van der Waals surface area contributed by atoms with Gasteiger partial charge in [-0.05, 0) is 12.1 Å². The second kappa shape index (κ2) is 4.42. The first-order valence-electron chi connectivity index (χ1n) is 6.29. The molecule has 3 rings (SSSR count). The number of likely N-dealkylation sites (N-methyl/N-ethyl adjacent to an activating group) is 1. The molecule has 1 aliphatic rings. The van der Waals surface area contributed by atoms with E-state index in [-0.39, 0.29) is 6.03 Å².